The van der Waals surface area contributed by atoms with Crippen molar-refractivity contribution in [2.45, 2.75) is 25.7 Å². The summed E-state index contributed by atoms with van der Waals surface area (Å²) < 4.78 is 3.72. The highest BCUT2D eigenvalue weighted by Gasteiger charge is 2.20. The van der Waals surface area contributed by atoms with Crippen molar-refractivity contribution in [2.24, 2.45) is 0 Å². The maximum atomic E-state index is 12.7. The van der Waals surface area contributed by atoms with Crippen molar-refractivity contribution in [3.05, 3.63) is 71.8 Å². The number of carbonyl (C=O) groups excluding carboxylic acids is 1. The lowest BCUT2D eigenvalue weighted by Crippen LogP contribution is -2.32. The summed E-state index contributed by atoms with van der Waals surface area (Å²) in [6.07, 6.45) is 3.63. The fourth-order valence-corrected chi connectivity index (χ4v) is 3.05. The molecule has 1 aromatic carbocycles. The largest absolute Gasteiger partial charge is 0.342 e. The summed E-state index contributed by atoms with van der Waals surface area (Å²) >= 11 is 0. The Balaban J connectivity index is 1.55. The van der Waals surface area contributed by atoms with Gasteiger partial charge in [-0.05, 0) is 17.7 Å². The fraction of sp³-hybridized carbons (Fsp3) is 0.278. The molecule has 0 spiro atoms. The molecule has 1 aliphatic heterocycles. The molecule has 7 heteroatoms. The van der Waals surface area contributed by atoms with Gasteiger partial charge in [0.1, 0.15) is 0 Å². The normalized spacial score (nSPS) is 14.7. The van der Waals surface area contributed by atoms with Crippen LogP contribution in [0.3, 0.4) is 0 Å². The van der Waals surface area contributed by atoms with Gasteiger partial charge in [0.2, 0.25) is 0 Å². The van der Waals surface area contributed by atoms with Crippen LogP contribution in [0.5, 0.6) is 0 Å². The van der Waals surface area contributed by atoms with Crippen molar-refractivity contribution in [2.75, 3.05) is 6.54 Å². The Labute approximate surface area is 145 Å². The Kier molecular flexibility index (Phi) is 4.30. The number of nitrogens with one attached hydrogen (secondary N) is 2. The van der Waals surface area contributed by atoms with Crippen LogP contribution >= 0.6 is 0 Å². The van der Waals surface area contributed by atoms with Crippen LogP contribution in [-0.4, -0.2) is 32.0 Å². The van der Waals surface area contributed by atoms with E-state index in [0.29, 0.717) is 12.2 Å². The lowest BCUT2D eigenvalue weighted by Gasteiger charge is -2.19. The van der Waals surface area contributed by atoms with Gasteiger partial charge in [0, 0.05) is 25.5 Å². The summed E-state index contributed by atoms with van der Waals surface area (Å²) in [5, 5.41) is 15.1. The SMILES string of the molecule is O=C(NC(Cn1cccn1)c1ccccc1)c1cc2n(n1)CCNC2. The first-order chi connectivity index (χ1) is 12.3. The Hall–Kier alpha value is -2.93. The quantitative estimate of drug-likeness (QED) is 0.737. The summed E-state index contributed by atoms with van der Waals surface area (Å²) in [6.45, 7) is 2.98. The van der Waals surface area contributed by atoms with E-state index in [4.69, 9.17) is 0 Å². The van der Waals surface area contributed by atoms with Crippen molar-refractivity contribution >= 4 is 5.91 Å². The first kappa shape index (κ1) is 15.6. The molecule has 2 aromatic heterocycles. The molecular weight excluding hydrogens is 316 g/mol. The molecule has 0 fully saturated rings. The van der Waals surface area contributed by atoms with Crippen LogP contribution < -0.4 is 10.6 Å². The lowest BCUT2D eigenvalue weighted by molar-refractivity contribution is 0.0926. The second-order valence-corrected chi connectivity index (χ2v) is 6.09. The van der Waals surface area contributed by atoms with Gasteiger partial charge in [0.15, 0.2) is 5.69 Å². The zero-order chi connectivity index (χ0) is 17.1. The Morgan fingerprint density at radius 2 is 2.16 bits per heavy atom. The Morgan fingerprint density at radius 3 is 2.92 bits per heavy atom. The van der Waals surface area contributed by atoms with E-state index in [1.807, 2.05) is 58.0 Å². The predicted octanol–water partition coefficient (Wildman–Crippen LogP) is 1.35. The predicted molar refractivity (Wildman–Crippen MR) is 92.8 cm³/mol. The van der Waals surface area contributed by atoms with Crippen LogP contribution in [-0.2, 0) is 19.6 Å². The molecule has 0 bridgehead atoms. The van der Waals surface area contributed by atoms with Crippen LogP contribution in [0.1, 0.15) is 27.8 Å². The molecule has 7 nitrogen and oxygen atoms in total. The molecule has 128 valence electrons. The molecule has 1 unspecified atom stereocenters. The number of hydrogen-bond donors (Lipinski definition) is 2. The van der Waals surface area contributed by atoms with Crippen molar-refractivity contribution < 1.29 is 4.79 Å². The maximum Gasteiger partial charge on any atom is 0.272 e. The van der Waals surface area contributed by atoms with Gasteiger partial charge < -0.3 is 10.6 Å². The molecule has 0 aliphatic carbocycles. The van der Waals surface area contributed by atoms with Crippen molar-refractivity contribution in [1.29, 1.82) is 0 Å². The van der Waals surface area contributed by atoms with Gasteiger partial charge >= 0.3 is 0 Å². The zero-order valence-corrected chi connectivity index (χ0v) is 13.8. The van der Waals surface area contributed by atoms with E-state index in [9.17, 15) is 4.79 Å². The minimum absolute atomic E-state index is 0.164. The fourth-order valence-electron chi connectivity index (χ4n) is 3.05. The van der Waals surface area contributed by atoms with Gasteiger partial charge in [0.25, 0.3) is 5.91 Å². The third kappa shape index (κ3) is 3.46. The van der Waals surface area contributed by atoms with Gasteiger partial charge in [-0.3, -0.25) is 14.2 Å². The van der Waals surface area contributed by atoms with Gasteiger partial charge in [-0.1, -0.05) is 30.3 Å². The van der Waals surface area contributed by atoms with E-state index in [2.05, 4.69) is 20.8 Å². The van der Waals surface area contributed by atoms with Gasteiger partial charge in [-0.15, -0.1) is 0 Å². The number of nitrogens with zero attached hydrogens (tertiary/aromatic N) is 4. The summed E-state index contributed by atoms with van der Waals surface area (Å²) in [4.78, 5) is 12.7. The highest BCUT2D eigenvalue weighted by molar-refractivity contribution is 5.92. The lowest BCUT2D eigenvalue weighted by atomic mass is 10.1. The number of fused-ring (bicyclic) bond motifs is 1. The molecule has 3 heterocycles. The van der Waals surface area contributed by atoms with E-state index in [-0.39, 0.29) is 11.9 Å². The Bertz CT molecular complexity index is 816. The monoisotopic (exact) mass is 336 g/mol. The minimum Gasteiger partial charge on any atom is -0.342 e. The molecule has 3 aromatic rings. The summed E-state index contributed by atoms with van der Waals surface area (Å²) in [7, 11) is 0. The second-order valence-electron chi connectivity index (χ2n) is 6.09. The van der Waals surface area contributed by atoms with Crippen LogP contribution in [0.2, 0.25) is 0 Å². The molecule has 2 N–H and O–H groups in total. The zero-order valence-electron chi connectivity index (χ0n) is 13.8. The third-order valence-electron chi connectivity index (χ3n) is 4.34. The molecule has 1 aliphatic rings. The number of carbonyl (C=O) groups is 1. The van der Waals surface area contributed by atoms with Crippen LogP contribution in [0.25, 0.3) is 0 Å². The molecule has 0 radical (unpaired) electrons. The number of rotatable bonds is 5. The molecule has 25 heavy (non-hydrogen) atoms. The van der Waals surface area contributed by atoms with Crippen LogP contribution in [0, 0.1) is 0 Å². The van der Waals surface area contributed by atoms with Crippen molar-refractivity contribution in [3.63, 3.8) is 0 Å². The van der Waals surface area contributed by atoms with E-state index in [1.54, 1.807) is 6.20 Å². The molecule has 0 saturated carbocycles. The highest BCUT2D eigenvalue weighted by atomic mass is 16.2. The summed E-state index contributed by atoms with van der Waals surface area (Å²) in [5.41, 5.74) is 2.54. The maximum absolute atomic E-state index is 12.7. The van der Waals surface area contributed by atoms with Gasteiger partial charge in [0.05, 0.1) is 24.8 Å². The van der Waals surface area contributed by atoms with E-state index in [1.165, 1.54) is 0 Å². The van der Waals surface area contributed by atoms with Gasteiger partial charge in [-0.2, -0.15) is 10.2 Å². The Morgan fingerprint density at radius 1 is 1.28 bits per heavy atom. The van der Waals surface area contributed by atoms with Crippen molar-refractivity contribution in [1.82, 2.24) is 30.2 Å². The molecule has 4 rings (SSSR count). The number of benzene rings is 1. The summed E-state index contributed by atoms with van der Waals surface area (Å²) in [5.74, 6) is -0.164. The molecular formula is C18H20N6O. The first-order valence-electron chi connectivity index (χ1n) is 8.40. The van der Waals surface area contributed by atoms with E-state index in [0.717, 1.165) is 30.9 Å². The third-order valence-corrected chi connectivity index (χ3v) is 4.34. The molecule has 1 atom stereocenters. The number of hydrogen-bond acceptors (Lipinski definition) is 4. The first-order valence-corrected chi connectivity index (χ1v) is 8.40. The standard InChI is InChI=1S/C18H20N6O/c25-18(16-11-15-12-19-8-10-24(15)22-16)21-17(13-23-9-4-7-20-23)14-5-2-1-3-6-14/h1-7,9,11,17,19H,8,10,12-13H2,(H,21,25). The average molecular weight is 336 g/mol. The second kappa shape index (κ2) is 6.90. The van der Waals surface area contributed by atoms with Crippen molar-refractivity contribution in [3.8, 4) is 0 Å². The van der Waals surface area contributed by atoms with E-state index >= 15 is 0 Å². The van der Waals surface area contributed by atoms with Crippen LogP contribution in [0.15, 0.2) is 54.9 Å². The van der Waals surface area contributed by atoms with E-state index < -0.39 is 0 Å². The minimum atomic E-state index is -0.176. The highest BCUT2D eigenvalue weighted by Crippen LogP contribution is 2.16. The topological polar surface area (TPSA) is 76.8 Å². The molecule has 0 saturated heterocycles. The number of amides is 1. The van der Waals surface area contributed by atoms with Gasteiger partial charge in [-0.25, -0.2) is 0 Å². The summed E-state index contributed by atoms with van der Waals surface area (Å²) in [6, 6.07) is 13.5. The average Bonchev–Trinajstić information content (AvgIpc) is 3.31. The van der Waals surface area contributed by atoms with Crippen LogP contribution in [0.4, 0.5) is 0 Å². The molecule has 1 amide bonds. The number of aromatic nitrogens is 4. The smallest absolute Gasteiger partial charge is 0.272 e.